The first-order valence-electron chi connectivity index (χ1n) is 10.0. The molecule has 0 spiro atoms. The number of unbranched alkanes of at least 4 members (excludes halogenated alkanes) is 1. The van der Waals surface area contributed by atoms with E-state index >= 15 is 0 Å². The molecule has 2 atom stereocenters. The third kappa shape index (κ3) is 7.56. The molecule has 0 saturated heterocycles. The van der Waals surface area contributed by atoms with Gasteiger partial charge < -0.3 is 15.4 Å². The van der Waals surface area contributed by atoms with E-state index in [0.717, 1.165) is 19.3 Å². The van der Waals surface area contributed by atoms with Crippen molar-refractivity contribution in [3.8, 4) is 5.75 Å². The van der Waals surface area contributed by atoms with Crippen LogP contribution in [0.3, 0.4) is 0 Å². The number of amides is 2. The van der Waals surface area contributed by atoms with Gasteiger partial charge >= 0.3 is 0 Å². The fourth-order valence-corrected chi connectivity index (χ4v) is 2.79. The van der Waals surface area contributed by atoms with E-state index in [4.69, 9.17) is 4.74 Å². The average molecular weight is 400 g/mol. The van der Waals surface area contributed by atoms with E-state index in [2.05, 4.69) is 10.6 Å². The Morgan fingerprint density at radius 2 is 1.72 bits per heavy atom. The molecule has 2 amide bonds. The first-order chi connectivity index (χ1) is 14.0. The van der Waals surface area contributed by atoms with Crippen LogP contribution in [-0.2, 0) is 4.79 Å². The molecule has 5 nitrogen and oxygen atoms in total. The van der Waals surface area contributed by atoms with Crippen LogP contribution in [0.4, 0.5) is 4.39 Å². The Bertz CT molecular complexity index is 765. The van der Waals surface area contributed by atoms with Gasteiger partial charge in [0.1, 0.15) is 17.6 Å². The third-order valence-corrected chi connectivity index (χ3v) is 4.77. The van der Waals surface area contributed by atoms with Gasteiger partial charge in [-0.05, 0) is 55.2 Å². The van der Waals surface area contributed by atoms with Crippen molar-refractivity contribution in [3.63, 3.8) is 0 Å². The maximum atomic E-state index is 12.9. The van der Waals surface area contributed by atoms with Crippen LogP contribution in [0.25, 0.3) is 0 Å². The minimum Gasteiger partial charge on any atom is -0.494 e. The third-order valence-electron chi connectivity index (χ3n) is 4.77. The highest BCUT2D eigenvalue weighted by Crippen LogP contribution is 2.12. The second-order valence-corrected chi connectivity index (χ2v) is 7.00. The first-order valence-corrected chi connectivity index (χ1v) is 10.0. The predicted octanol–water partition coefficient (Wildman–Crippen LogP) is 3.95. The standard InChI is InChI=1S/C23H29FN2O3/c1-3-17(2)21(26-22(27)18-9-5-4-6-10-18)23(28)25-15-7-8-16-29-20-13-11-19(24)12-14-20/h4-6,9-14,17,21H,3,7-8,15-16H2,1-2H3,(H,25,28)(H,26,27). The lowest BCUT2D eigenvalue weighted by atomic mass is 9.97. The molecule has 0 saturated carbocycles. The molecule has 2 N–H and O–H groups in total. The number of carbonyl (C=O) groups is 2. The minimum absolute atomic E-state index is 0.0180. The number of benzene rings is 2. The van der Waals surface area contributed by atoms with Gasteiger partial charge in [0, 0.05) is 12.1 Å². The van der Waals surface area contributed by atoms with Gasteiger partial charge in [0.05, 0.1) is 6.61 Å². The summed E-state index contributed by atoms with van der Waals surface area (Å²) in [5, 5.41) is 5.76. The van der Waals surface area contributed by atoms with Crippen LogP contribution < -0.4 is 15.4 Å². The Kier molecular flexibility index (Phi) is 9.15. The molecule has 0 aromatic heterocycles. The van der Waals surface area contributed by atoms with Crippen LogP contribution in [0.2, 0.25) is 0 Å². The topological polar surface area (TPSA) is 67.4 Å². The second-order valence-electron chi connectivity index (χ2n) is 7.00. The normalized spacial score (nSPS) is 12.7. The number of carbonyl (C=O) groups excluding carboxylic acids is 2. The smallest absolute Gasteiger partial charge is 0.251 e. The predicted molar refractivity (Wildman–Crippen MR) is 111 cm³/mol. The lowest BCUT2D eigenvalue weighted by molar-refractivity contribution is -0.124. The number of rotatable bonds is 11. The highest BCUT2D eigenvalue weighted by Gasteiger charge is 2.25. The molecule has 0 heterocycles. The van der Waals surface area contributed by atoms with E-state index in [9.17, 15) is 14.0 Å². The van der Waals surface area contributed by atoms with E-state index in [0.29, 0.717) is 24.5 Å². The largest absolute Gasteiger partial charge is 0.494 e. The van der Waals surface area contributed by atoms with Crippen LogP contribution in [0.1, 0.15) is 43.5 Å². The zero-order valence-corrected chi connectivity index (χ0v) is 17.0. The molecule has 2 rings (SSSR count). The number of hydrogen-bond acceptors (Lipinski definition) is 3. The summed E-state index contributed by atoms with van der Waals surface area (Å²) < 4.78 is 18.4. The highest BCUT2D eigenvalue weighted by atomic mass is 19.1. The monoisotopic (exact) mass is 400 g/mol. The number of halogens is 1. The maximum absolute atomic E-state index is 12.9. The summed E-state index contributed by atoms with van der Waals surface area (Å²) in [7, 11) is 0. The summed E-state index contributed by atoms with van der Waals surface area (Å²) in [6.45, 7) is 4.93. The molecule has 6 heteroatoms. The van der Waals surface area contributed by atoms with Crippen LogP contribution in [0.15, 0.2) is 54.6 Å². The molecule has 0 fully saturated rings. The Labute approximate surface area is 171 Å². The van der Waals surface area contributed by atoms with Crippen molar-refractivity contribution < 1.29 is 18.7 Å². The lowest BCUT2D eigenvalue weighted by Crippen LogP contribution is -2.50. The maximum Gasteiger partial charge on any atom is 0.251 e. The Morgan fingerprint density at radius 1 is 1.03 bits per heavy atom. The van der Waals surface area contributed by atoms with Crippen molar-refractivity contribution in [2.45, 2.75) is 39.2 Å². The van der Waals surface area contributed by atoms with Crippen molar-refractivity contribution in [1.82, 2.24) is 10.6 Å². The quantitative estimate of drug-likeness (QED) is 0.562. The molecule has 0 aliphatic carbocycles. The van der Waals surface area contributed by atoms with Crippen molar-refractivity contribution in [3.05, 3.63) is 66.0 Å². The fraction of sp³-hybridized carbons (Fsp3) is 0.391. The van der Waals surface area contributed by atoms with Crippen molar-refractivity contribution in [2.24, 2.45) is 5.92 Å². The van der Waals surface area contributed by atoms with Crippen LogP contribution in [0, 0.1) is 11.7 Å². The van der Waals surface area contributed by atoms with Crippen molar-refractivity contribution in [1.29, 1.82) is 0 Å². The van der Waals surface area contributed by atoms with Crippen molar-refractivity contribution in [2.75, 3.05) is 13.2 Å². The number of nitrogens with one attached hydrogen (secondary N) is 2. The SMILES string of the molecule is CCC(C)C(NC(=O)c1ccccc1)C(=O)NCCCCOc1ccc(F)cc1. The summed E-state index contributed by atoms with van der Waals surface area (Å²) in [6, 6.07) is 14.2. The van der Waals surface area contributed by atoms with Gasteiger partial charge in [-0.1, -0.05) is 38.5 Å². The fourth-order valence-electron chi connectivity index (χ4n) is 2.79. The van der Waals surface area contributed by atoms with Gasteiger partial charge in [-0.15, -0.1) is 0 Å². The Morgan fingerprint density at radius 3 is 2.38 bits per heavy atom. The van der Waals surface area contributed by atoms with Gasteiger partial charge in [-0.3, -0.25) is 9.59 Å². The molecule has 0 bridgehead atoms. The Hall–Kier alpha value is -2.89. The number of hydrogen-bond donors (Lipinski definition) is 2. The van der Waals surface area contributed by atoms with Gasteiger partial charge in [-0.25, -0.2) is 4.39 Å². The highest BCUT2D eigenvalue weighted by molar-refractivity contribution is 5.97. The van der Waals surface area contributed by atoms with Gasteiger partial charge in [0.25, 0.3) is 5.91 Å². The first kappa shape index (κ1) is 22.4. The Balaban J connectivity index is 1.74. The summed E-state index contributed by atoms with van der Waals surface area (Å²) >= 11 is 0. The molecular weight excluding hydrogens is 371 g/mol. The van der Waals surface area contributed by atoms with E-state index in [1.54, 1.807) is 36.4 Å². The molecule has 2 aromatic rings. The molecule has 0 aliphatic heterocycles. The molecule has 0 aliphatic rings. The zero-order chi connectivity index (χ0) is 21.1. The summed E-state index contributed by atoms with van der Waals surface area (Å²) in [5.41, 5.74) is 0.534. The number of ether oxygens (including phenoxy) is 1. The van der Waals surface area contributed by atoms with Gasteiger partial charge in [0.15, 0.2) is 0 Å². The van der Waals surface area contributed by atoms with E-state index in [-0.39, 0.29) is 23.5 Å². The van der Waals surface area contributed by atoms with E-state index in [1.165, 1.54) is 12.1 Å². The summed E-state index contributed by atoms with van der Waals surface area (Å²) in [5.74, 6) is -0.0857. The van der Waals surface area contributed by atoms with Gasteiger partial charge in [0.2, 0.25) is 5.91 Å². The minimum atomic E-state index is -0.580. The van der Waals surface area contributed by atoms with Crippen LogP contribution >= 0.6 is 0 Å². The van der Waals surface area contributed by atoms with E-state index in [1.807, 2.05) is 19.9 Å². The molecule has 0 radical (unpaired) electrons. The van der Waals surface area contributed by atoms with E-state index < -0.39 is 6.04 Å². The molecular formula is C23H29FN2O3. The zero-order valence-electron chi connectivity index (χ0n) is 17.0. The molecule has 156 valence electrons. The summed E-state index contributed by atoms with van der Waals surface area (Å²) in [4.78, 5) is 25.0. The van der Waals surface area contributed by atoms with Gasteiger partial charge in [-0.2, -0.15) is 0 Å². The van der Waals surface area contributed by atoms with Crippen LogP contribution in [-0.4, -0.2) is 31.0 Å². The molecule has 29 heavy (non-hydrogen) atoms. The summed E-state index contributed by atoms with van der Waals surface area (Å²) in [6.07, 6.45) is 2.27. The van der Waals surface area contributed by atoms with Crippen molar-refractivity contribution >= 4 is 11.8 Å². The van der Waals surface area contributed by atoms with Crippen LogP contribution in [0.5, 0.6) is 5.75 Å². The molecule has 2 unspecified atom stereocenters. The second kappa shape index (κ2) is 11.8. The average Bonchev–Trinajstić information content (AvgIpc) is 2.75. The molecule has 2 aromatic carbocycles. The lowest BCUT2D eigenvalue weighted by Gasteiger charge is -2.23.